The first-order valence-corrected chi connectivity index (χ1v) is 9.84. The first-order valence-electron chi connectivity index (χ1n) is 9.84. The van der Waals surface area contributed by atoms with Gasteiger partial charge in [0.1, 0.15) is 5.82 Å². The Morgan fingerprint density at radius 1 is 1.24 bits per heavy atom. The van der Waals surface area contributed by atoms with Crippen molar-refractivity contribution in [3.05, 3.63) is 65.0 Å². The molecule has 2 fully saturated rings. The summed E-state index contributed by atoms with van der Waals surface area (Å²) in [5.41, 5.74) is 7.02. The summed E-state index contributed by atoms with van der Waals surface area (Å²) in [5, 5.41) is 9.14. The molecule has 1 saturated carbocycles. The molecule has 6 heteroatoms. The van der Waals surface area contributed by atoms with Gasteiger partial charge in [-0.15, -0.1) is 0 Å². The topological polar surface area (TPSA) is 87.2 Å². The van der Waals surface area contributed by atoms with Gasteiger partial charge in [0, 0.05) is 17.8 Å². The fourth-order valence-electron chi connectivity index (χ4n) is 4.87. The molecule has 2 aromatic carbocycles. The fraction of sp³-hybridized carbons (Fsp3) is 0.348. The van der Waals surface area contributed by atoms with E-state index in [0.717, 1.165) is 43.0 Å². The van der Waals surface area contributed by atoms with Gasteiger partial charge in [0.05, 0.1) is 17.0 Å². The second-order valence-corrected chi connectivity index (χ2v) is 8.08. The first-order chi connectivity index (χ1) is 13.9. The average molecular weight is 391 g/mol. The van der Waals surface area contributed by atoms with Gasteiger partial charge >= 0.3 is 0 Å². The molecule has 0 bridgehead atoms. The third-order valence-electron chi connectivity index (χ3n) is 6.32. The summed E-state index contributed by atoms with van der Waals surface area (Å²) in [6.07, 6.45) is 3.87. The van der Waals surface area contributed by atoms with Crippen LogP contribution in [0.25, 0.3) is 0 Å². The van der Waals surface area contributed by atoms with Crippen LogP contribution in [0, 0.1) is 22.6 Å². The molecule has 1 aliphatic carbocycles. The number of nitriles is 1. The van der Waals surface area contributed by atoms with Gasteiger partial charge in [-0.2, -0.15) is 5.26 Å². The molecule has 1 heterocycles. The van der Waals surface area contributed by atoms with Crippen LogP contribution in [0.3, 0.4) is 0 Å². The Morgan fingerprint density at radius 3 is 2.83 bits per heavy atom. The van der Waals surface area contributed by atoms with Gasteiger partial charge in [0.2, 0.25) is 11.8 Å². The van der Waals surface area contributed by atoms with E-state index < -0.39 is 17.1 Å². The largest absolute Gasteiger partial charge is 0.366 e. The Labute approximate surface area is 168 Å². The highest BCUT2D eigenvalue weighted by Gasteiger charge is 2.49. The lowest BCUT2D eigenvalue weighted by Crippen LogP contribution is -2.38. The number of hydrogen-bond donors (Lipinski definition) is 1. The van der Waals surface area contributed by atoms with Gasteiger partial charge in [-0.25, -0.2) is 4.39 Å². The molecule has 148 valence electrons. The highest BCUT2D eigenvalue weighted by Crippen LogP contribution is 2.50. The molecule has 0 radical (unpaired) electrons. The Balaban J connectivity index is 1.60. The summed E-state index contributed by atoms with van der Waals surface area (Å²) in [6, 6.07) is 13.5. The van der Waals surface area contributed by atoms with Gasteiger partial charge in [-0.3, -0.25) is 9.59 Å². The Kier molecular flexibility index (Phi) is 4.83. The normalized spacial score (nSPS) is 23.9. The maximum Gasteiger partial charge on any atom is 0.248 e. The van der Waals surface area contributed by atoms with Gasteiger partial charge in [-0.1, -0.05) is 12.5 Å². The second-order valence-electron chi connectivity index (χ2n) is 8.08. The van der Waals surface area contributed by atoms with E-state index in [1.165, 1.54) is 6.07 Å². The molecule has 2 aromatic rings. The number of benzene rings is 2. The van der Waals surface area contributed by atoms with Gasteiger partial charge < -0.3 is 10.6 Å². The van der Waals surface area contributed by atoms with Crippen molar-refractivity contribution >= 4 is 17.5 Å². The number of carbonyl (C=O) groups excluding carboxylic acids is 2. The van der Waals surface area contributed by atoms with Crippen molar-refractivity contribution in [2.24, 2.45) is 11.1 Å². The van der Waals surface area contributed by atoms with Gasteiger partial charge in [0.15, 0.2) is 0 Å². The zero-order chi connectivity index (χ0) is 20.6. The number of amides is 2. The number of rotatable bonds is 3. The number of halogens is 1. The van der Waals surface area contributed by atoms with Crippen molar-refractivity contribution in [2.75, 3.05) is 11.4 Å². The predicted octanol–water partition coefficient (Wildman–Crippen LogP) is 3.88. The summed E-state index contributed by atoms with van der Waals surface area (Å²) < 4.78 is 14.0. The van der Waals surface area contributed by atoms with Crippen LogP contribution in [-0.2, 0) is 4.79 Å². The number of anilines is 1. The SMILES string of the molecule is N#Cc1cccc(N2CCC3(CCCC(c4cc(F)cc(C(N)=O)c4)C3)C2=O)c1. The second kappa shape index (κ2) is 7.32. The van der Waals surface area contributed by atoms with E-state index in [1.54, 1.807) is 29.2 Å². The molecule has 2 atom stereocenters. The lowest BCUT2D eigenvalue weighted by atomic mass is 9.67. The van der Waals surface area contributed by atoms with E-state index >= 15 is 0 Å². The third-order valence-corrected chi connectivity index (χ3v) is 6.32. The minimum absolute atomic E-state index is 0.00638. The fourth-order valence-corrected chi connectivity index (χ4v) is 4.87. The molecule has 2 aliphatic rings. The van der Waals surface area contributed by atoms with E-state index in [0.29, 0.717) is 18.5 Å². The molecule has 2 unspecified atom stereocenters. The zero-order valence-electron chi connectivity index (χ0n) is 16.0. The molecule has 1 aliphatic heterocycles. The van der Waals surface area contributed by atoms with E-state index in [4.69, 9.17) is 11.0 Å². The van der Waals surface area contributed by atoms with E-state index in [1.807, 2.05) is 6.07 Å². The molecule has 0 aromatic heterocycles. The van der Waals surface area contributed by atoms with E-state index in [9.17, 15) is 14.0 Å². The van der Waals surface area contributed by atoms with Crippen LogP contribution < -0.4 is 10.6 Å². The van der Waals surface area contributed by atoms with E-state index in [2.05, 4.69) is 6.07 Å². The molecule has 2 amide bonds. The number of hydrogen-bond acceptors (Lipinski definition) is 3. The van der Waals surface area contributed by atoms with Crippen LogP contribution in [-0.4, -0.2) is 18.4 Å². The summed E-state index contributed by atoms with van der Waals surface area (Å²) in [6.45, 7) is 0.607. The number of carbonyl (C=O) groups is 2. The Bertz CT molecular complexity index is 1030. The maximum absolute atomic E-state index is 14.0. The minimum Gasteiger partial charge on any atom is -0.366 e. The average Bonchev–Trinajstić information content (AvgIpc) is 3.03. The smallest absolute Gasteiger partial charge is 0.248 e. The number of nitrogens with two attached hydrogens (primary N) is 1. The standard InChI is InChI=1S/C23H22FN3O2/c24-19-11-17(10-18(12-19)21(26)28)16-4-2-6-23(13-16)7-8-27(22(23)29)20-5-1-3-15(9-20)14-25/h1,3,5,9-12,16H,2,4,6-8,13H2,(H2,26,28). The summed E-state index contributed by atoms with van der Waals surface area (Å²) >= 11 is 0. The quantitative estimate of drug-likeness (QED) is 0.861. The minimum atomic E-state index is -0.656. The van der Waals surface area contributed by atoms with Crippen LogP contribution in [0.1, 0.15) is 59.5 Å². The summed E-state index contributed by atoms with van der Waals surface area (Å²) in [5.74, 6) is -1.06. The highest BCUT2D eigenvalue weighted by molar-refractivity contribution is 6.00. The third kappa shape index (κ3) is 3.49. The lowest BCUT2D eigenvalue weighted by molar-refractivity contribution is -0.127. The molecule has 1 spiro atoms. The molecule has 5 nitrogen and oxygen atoms in total. The van der Waals surface area contributed by atoms with Crippen LogP contribution in [0.4, 0.5) is 10.1 Å². The van der Waals surface area contributed by atoms with Crippen molar-refractivity contribution in [3.8, 4) is 6.07 Å². The van der Waals surface area contributed by atoms with Crippen molar-refractivity contribution in [1.29, 1.82) is 5.26 Å². The van der Waals surface area contributed by atoms with Gasteiger partial charge in [0.25, 0.3) is 0 Å². The van der Waals surface area contributed by atoms with Crippen LogP contribution in [0.5, 0.6) is 0 Å². The van der Waals surface area contributed by atoms with Crippen LogP contribution in [0.15, 0.2) is 42.5 Å². The summed E-state index contributed by atoms with van der Waals surface area (Å²) in [4.78, 5) is 26.7. The van der Waals surface area contributed by atoms with Crippen molar-refractivity contribution in [2.45, 2.75) is 38.0 Å². The molecule has 1 saturated heterocycles. The first kappa shape index (κ1) is 19.1. The van der Waals surface area contributed by atoms with E-state index in [-0.39, 0.29) is 17.4 Å². The predicted molar refractivity (Wildman–Crippen MR) is 107 cm³/mol. The van der Waals surface area contributed by atoms with Crippen molar-refractivity contribution in [3.63, 3.8) is 0 Å². The Morgan fingerprint density at radius 2 is 2.07 bits per heavy atom. The zero-order valence-corrected chi connectivity index (χ0v) is 16.0. The number of primary amides is 1. The van der Waals surface area contributed by atoms with Crippen LogP contribution in [0.2, 0.25) is 0 Å². The summed E-state index contributed by atoms with van der Waals surface area (Å²) in [7, 11) is 0. The van der Waals surface area contributed by atoms with Crippen LogP contribution >= 0.6 is 0 Å². The van der Waals surface area contributed by atoms with Crippen molar-refractivity contribution < 1.29 is 14.0 Å². The lowest BCUT2D eigenvalue weighted by Gasteiger charge is -2.37. The van der Waals surface area contributed by atoms with Gasteiger partial charge in [-0.05, 0) is 73.6 Å². The molecule has 29 heavy (non-hydrogen) atoms. The maximum atomic E-state index is 14.0. The molecular formula is C23H22FN3O2. The monoisotopic (exact) mass is 391 g/mol. The Hall–Kier alpha value is -3.20. The highest BCUT2D eigenvalue weighted by atomic mass is 19.1. The number of nitrogens with zero attached hydrogens (tertiary/aromatic N) is 2. The molecular weight excluding hydrogens is 369 g/mol. The molecule has 2 N–H and O–H groups in total. The van der Waals surface area contributed by atoms with Crippen molar-refractivity contribution in [1.82, 2.24) is 0 Å². The molecule has 4 rings (SSSR count).